The molecule has 1 heterocycles. The maximum Gasteiger partial charge on any atom is 0.191 e. The van der Waals surface area contributed by atoms with Crippen LogP contribution in [0.5, 0.6) is 0 Å². The summed E-state index contributed by atoms with van der Waals surface area (Å²) in [5.74, 6) is 0.919. The zero-order valence-electron chi connectivity index (χ0n) is 14.3. The van der Waals surface area contributed by atoms with Crippen molar-refractivity contribution in [1.82, 2.24) is 20.4 Å². The molecule has 1 aromatic heterocycles. The minimum Gasteiger partial charge on any atom is -0.357 e. The van der Waals surface area contributed by atoms with Crippen molar-refractivity contribution in [2.75, 3.05) is 19.6 Å². The predicted molar refractivity (Wildman–Crippen MR) is 107 cm³/mol. The fourth-order valence-electron chi connectivity index (χ4n) is 2.71. The number of hydrogen-bond donors (Lipinski definition) is 2. The Morgan fingerprint density at radius 2 is 2.17 bits per heavy atom. The Morgan fingerprint density at radius 3 is 2.83 bits per heavy atom. The minimum absolute atomic E-state index is 0. The molecule has 2 rings (SSSR count). The first kappa shape index (κ1) is 20.0. The maximum absolute atomic E-state index is 4.68. The van der Waals surface area contributed by atoms with E-state index in [4.69, 9.17) is 0 Å². The molecule has 0 saturated carbocycles. The van der Waals surface area contributed by atoms with Crippen molar-refractivity contribution in [2.24, 2.45) is 12.0 Å². The zero-order chi connectivity index (χ0) is 15.6. The average molecular weight is 431 g/mol. The molecule has 130 valence electrons. The summed E-state index contributed by atoms with van der Waals surface area (Å²) in [7, 11) is 1.95. The molecule has 0 atom stereocenters. The van der Waals surface area contributed by atoms with Gasteiger partial charge in [0, 0.05) is 32.9 Å². The Labute approximate surface area is 157 Å². The van der Waals surface area contributed by atoms with E-state index in [-0.39, 0.29) is 24.0 Å². The molecular formula is C17H30IN5. The molecule has 0 aromatic carbocycles. The standard InChI is InChI=1S/C17H29N5.HI/c1-3-18-17(19-11-9-15-7-5-4-6-8-15)20-12-10-16-13-21-22(2)14-16;/h7,13-14H,3-6,8-12H2,1-2H3,(H2,18,19,20);1H. The highest BCUT2D eigenvalue weighted by Gasteiger charge is 2.03. The number of allylic oxidation sites excluding steroid dienone is 1. The van der Waals surface area contributed by atoms with Crippen molar-refractivity contribution in [3.63, 3.8) is 0 Å². The van der Waals surface area contributed by atoms with E-state index in [1.54, 1.807) is 5.57 Å². The van der Waals surface area contributed by atoms with Crippen LogP contribution in [-0.2, 0) is 13.5 Å². The lowest BCUT2D eigenvalue weighted by atomic mass is 9.97. The minimum atomic E-state index is 0. The highest BCUT2D eigenvalue weighted by atomic mass is 127. The lowest BCUT2D eigenvalue weighted by Crippen LogP contribution is -2.38. The number of aromatic nitrogens is 2. The first-order chi connectivity index (χ1) is 10.8. The van der Waals surface area contributed by atoms with Gasteiger partial charge in [0.1, 0.15) is 0 Å². The molecule has 0 radical (unpaired) electrons. The molecule has 2 N–H and O–H groups in total. The number of nitrogens with one attached hydrogen (secondary N) is 2. The normalized spacial score (nSPS) is 14.9. The van der Waals surface area contributed by atoms with E-state index in [1.165, 1.54) is 31.2 Å². The number of hydrogen-bond acceptors (Lipinski definition) is 2. The second kappa shape index (κ2) is 11.5. The van der Waals surface area contributed by atoms with Crippen LogP contribution in [0.2, 0.25) is 0 Å². The molecule has 0 spiro atoms. The first-order valence-electron chi connectivity index (χ1n) is 8.45. The van der Waals surface area contributed by atoms with Crippen LogP contribution in [0.1, 0.15) is 44.6 Å². The fourth-order valence-corrected chi connectivity index (χ4v) is 2.71. The molecule has 0 aliphatic heterocycles. The van der Waals surface area contributed by atoms with Crippen molar-refractivity contribution >= 4 is 29.9 Å². The van der Waals surface area contributed by atoms with Gasteiger partial charge >= 0.3 is 0 Å². The van der Waals surface area contributed by atoms with E-state index in [0.29, 0.717) is 0 Å². The molecule has 1 aliphatic rings. The van der Waals surface area contributed by atoms with Gasteiger partial charge in [-0.1, -0.05) is 11.6 Å². The van der Waals surface area contributed by atoms with Crippen LogP contribution in [0, 0.1) is 0 Å². The molecule has 0 bridgehead atoms. The summed E-state index contributed by atoms with van der Waals surface area (Å²) < 4.78 is 1.84. The third-order valence-corrected chi connectivity index (χ3v) is 3.90. The molecule has 1 aromatic rings. The second-order valence-corrected chi connectivity index (χ2v) is 5.82. The number of rotatable bonds is 7. The van der Waals surface area contributed by atoms with Crippen molar-refractivity contribution in [1.29, 1.82) is 0 Å². The van der Waals surface area contributed by atoms with Crippen LogP contribution in [0.15, 0.2) is 29.0 Å². The zero-order valence-corrected chi connectivity index (χ0v) is 16.7. The average Bonchev–Trinajstić information content (AvgIpc) is 2.94. The smallest absolute Gasteiger partial charge is 0.191 e. The topological polar surface area (TPSA) is 54.2 Å². The van der Waals surface area contributed by atoms with Crippen molar-refractivity contribution < 1.29 is 0 Å². The summed E-state index contributed by atoms with van der Waals surface area (Å²) in [5.41, 5.74) is 2.83. The van der Waals surface area contributed by atoms with Crippen molar-refractivity contribution in [2.45, 2.75) is 45.4 Å². The SMILES string of the molecule is CCNC(=NCCC1=CCCCC1)NCCc1cnn(C)c1.I. The second-order valence-electron chi connectivity index (χ2n) is 5.82. The van der Waals surface area contributed by atoms with E-state index < -0.39 is 0 Å². The third kappa shape index (κ3) is 7.85. The number of aliphatic imine (C=N–C) groups is 1. The third-order valence-electron chi connectivity index (χ3n) is 3.90. The molecule has 5 nitrogen and oxygen atoms in total. The molecule has 1 aliphatic carbocycles. The van der Waals surface area contributed by atoms with Gasteiger partial charge in [-0.2, -0.15) is 5.10 Å². The van der Waals surface area contributed by atoms with E-state index in [0.717, 1.165) is 38.4 Å². The largest absolute Gasteiger partial charge is 0.357 e. The summed E-state index contributed by atoms with van der Waals surface area (Å²) in [6, 6.07) is 0. The molecule has 0 unspecified atom stereocenters. The lowest BCUT2D eigenvalue weighted by Gasteiger charge is -2.13. The Hall–Kier alpha value is -1.05. The number of halogens is 1. The van der Waals surface area contributed by atoms with Crippen LogP contribution < -0.4 is 10.6 Å². The monoisotopic (exact) mass is 431 g/mol. The predicted octanol–water partition coefficient (Wildman–Crippen LogP) is 3.03. The van der Waals surface area contributed by atoms with Gasteiger partial charge in [0.2, 0.25) is 0 Å². The van der Waals surface area contributed by atoms with E-state index in [9.17, 15) is 0 Å². The lowest BCUT2D eigenvalue weighted by molar-refractivity contribution is 0.674. The quantitative estimate of drug-likeness (QED) is 0.302. The Kier molecular flexibility index (Phi) is 9.98. The summed E-state index contributed by atoms with van der Waals surface area (Å²) >= 11 is 0. The van der Waals surface area contributed by atoms with Crippen LogP contribution in [0.25, 0.3) is 0 Å². The summed E-state index contributed by atoms with van der Waals surface area (Å²) in [5, 5.41) is 10.9. The molecular weight excluding hydrogens is 401 g/mol. The van der Waals surface area contributed by atoms with E-state index >= 15 is 0 Å². The number of aryl methyl sites for hydroxylation is 1. The van der Waals surface area contributed by atoms with Crippen LogP contribution in [-0.4, -0.2) is 35.4 Å². The van der Waals surface area contributed by atoms with Crippen molar-refractivity contribution in [3.05, 3.63) is 29.6 Å². The van der Waals surface area contributed by atoms with Crippen LogP contribution >= 0.6 is 24.0 Å². The Morgan fingerprint density at radius 1 is 1.30 bits per heavy atom. The van der Waals surface area contributed by atoms with Crippen LogP contribution in [0.4, 0.5) is 0 Å². The molecule has 0 amide bonds. The molecule has 23 heavy (non-hydrogen) atoms. The number of guanidine groups is 1. The van der Waals surface area contributed by atoms with Gasteiger partial charge < -0.3 is 10.6 Å². The van der Waals surface area contributed by atoms with Gasteiger partial charge in [0.25, 0.3) is 0 Å². The van der Waals surface area contributed by atoms with Gasteiger partial charge in [-0.05, 0) is 51.0 Å². The summed E-state index contributed by atoms with van der Waals surface area (Å²) in [6.45, 7) is 4.73. The Bertz CT molecular complexity index is 507. The number of nitrogens with zero attached hydrogens (tertiary/aromatic N) is 3. The fraction of sp³-hybridized carbons (Fsp3) is 0.647. The van der Waals surface area contributed by atoms with Gasteiger partial charge in [-0.25, -0.2) is 0 Å². The summed E-state index contributed by atoms with van der Waals surface area (Å²) in [4.78, 5) is 4.68. The van der Waals surface area contributed by atoms with E-state index in [1.807, 2.05) is 17.9 Å². The highest BCUT2D eigenvalue weighted by Crippen LogP contribution is 2.19. The Balaban J connectivity index is 0.00000264. The summed E-state index contributed by atoms with van der Waals surface area (Å²) in [6.07, 6.45) is 13.7. The van der Waals surface area contributed by atoms with E-state index in [2.05, 4.69) is 39.9 Å². The van der Waals surface area contributed by atoms with Gasteiger partial charge in [0.05, 0.1) is 6.20 Å². The van der Waals surface area contributed by atoms with Crippen molar-refractivity contribution in [3.8, 4) is 0 Å². The van der Waals surface area contributed by atoms with Crippen LogP contribution in [0.3, 0.4) is 0 Å². The van der Waals surface area contributed by atoms with Gasteiger partial charge in [0.15, 0.2) is 5.96 Å². The highest BCUT2D eigenvalue weighted by molar-refractivity contribution is 14.0. The molecule has 0 fully saturated rings. The van der Waals surface area contributed by atoms with Gasteiger partial charge in [-0.3, -0.25) is 9.67 Å². The molecule has 0 saturated heterocycles. The van der Waals surface area contributed by atoms with Gasteiger partial charge in [-0.15, -0.1) is 24.0 Å². The molecule has 6 heteroatoms. The first-order valence-corrected chi connectivity index (χ1v) is 8.45. The maximum atomic E-state index is 4.68.